The number of carbonyl (C=O) groups excluding carboxylic acids is 1. The van der Waals surface area contributed by atoms with Gasteiger partial charge in [-0.25, -0.2) is 0 Å². The highest BCUT2D eigenvalue weighted by Gasteiger charge is 2.39. The van der Waals surface area contributed by atoms with Gasteiger partial charge in [0.2, 0.25) is 0 Å². The molecule has 0 fully saturated rings. The van der Waals surface area contributed by atoms with Crippen LogP contribution in [-0.2, 0) is 9.53 Å². The van der Waals surface area contributed by atoms with E-state index in [2.05, 4.69) is 33.9 Å². The zero-order valence-corrected chi connectivity index (χ0v) is 11.7. The van der Waals surface area contributed by atoms with E-state index in [9.17, 15) is 4.79 Å². The molecule has 0 saturated heterocycles. The maximum atomic E-state index is 11.3. The van der Waals surface area contributed by atoms with Crippen molar-refractivity contribution < 1.29 is 9.53 Å². The molecule has 0 unspecified atom stereocenters. The average Bonchev–Trinajstić information content (AvgIpc) is 2.51. The molecule has 0 radical (unpaired) electrons. The van der Waals surface area contributed by atoms with Gasteiger partial charge in [-0.05, 0) is 18.4 Å². The topological polar surface area (TPSA) is 26.3 Å². The highest BCUT2D eigenvalue weighted by Crippen LogP contribution is 2.42. The Morgan fingerprint density at radius 3 is 2.39 bits per heavy atom. The average molecular weight is 246 g/mol. The van der Waals surface area contributed by atoms with Crippen LogP contribution in [0.4, 0.5) is 0 Å². The first-order valence-electron chi connectivity index (χ1n) is 6.27. The van der Waals surface area contributed by atoms with Gasteiger partial charge >= 0.3 is 5.97 Å². The zero-order valence-electron chi connectivity index (χ0n) is 11.7. The van der Waals surface area contributed by atoms with Gasteiger partial charge in [0.15, 0.2) is 0 Å². The van der Waals surface area contributed by atoms with Crippen LogP contribution in [-0.4, -0.2) is 12.1 Å². The molecule has 0 spiro atoms. The Hall–Kier alpha value is -1.57. The van der Waals surface area contributed by atoms with E-state index >= 15 is 0 Å². The van der Waals surface area contributed by atoms with Crippen molar-refractivity contribution in [3.63, 3.8) is 0 Å². The third-order valence-corrected chi connectivity index (χ3v) is 3.38. The molecule has 1 aliphatic carbocycles. The molecule has 18 heavy (non-hydrogen) atoms. The minimum absolute atomic E-state index is 0.214. The lowest BCUT2D eigenvalue weighted by molar-refractivity contribution is -0.146. The maximum absolute atomic E-state index is 11.3. The third-order valence-electron chi connectivity index (χ3n) is 3.38. The number of rotatable bonds is 4. The highest BCUT2D eigenvalue weighted by atomic mass is 16.5. The molecular formula is C16H22O2. The Morgan fingerprint density at radius 1 is 1.39 bits per heavy atom. The summed E-state index contributed by atoms with van der Waals surface area (Å²) in [7, 11) is 0. The van der Waals surface area contributed by atoms with Crippen LogP contribution in [0.5, 0.6) is 0 Å². The standard InChI is InChI=1S/C16H22O2/c1-7-9-14-13(8-2)11(5)15(10(3)4)16(14)18-12(6)17/h7-10,15-16H,1-2H2,3-6H3/b14-9+/t15-,16-/m0/s1. The van der Waals surface area contributed by atoms with Crippen molar-refractivity contribution in [1.29, 1.82) is 0 Å². The smallest absolute Gasteiger partial charge is 0.303 e. The Labute approximate surface area is 110 Å². The summed E-state index contributed by atoms with van der Waals surface area (Å²) in [6, 6.07) is 0. The largest absolute Gasteiger partial charge is 0.457 e. The molecular weight excluding hydrogens is 224 g/mol. The summed E-state index contributed by atoms with van der Waals surface area (Å²) in [6.45, 7) is 15.4. The van der Waals surface area contributed by atoms with Crippen LogP contribution in [0.15, 0.2) is 48.1 Å². The van der Waals surface area contributed by atoms with E-state index < -0.39 is 0 Å². The Balaban J connectivity index is 3.28. The van der Waals surface area contributed by atoms with Gasteiger partial charge in [-0.3, -0.25) is 4.79 Å². The molecule has 1 rings (SSSR count). The molecule has 2 heteroatoms. The van der Waals surface area contributed by atoms with Crippen molar-refractivity contribution in [2.24, 2.45) is 11.8 Å². The second-order valence-electron chi connectivity index (χ2n) is 4.96. The second kappa shape index (κ2) is 5.85. The van der Waals surface area contributed by atoms with Crippen molar-refractivity contribution in [3.8, 4) is 0 Å². The monoisotopic (exact) mass is 246 g/mol. The summed E-state index contributed by atoms with van der Waals surface area (Å²) in [6.07, 6.45) is 5.26. The molecule has 0 heterocycles. The molecule has 0 amide bonds. The summed E-state index contributed by atoms with van der Waals surface area (Å²) < 4.78 is 5.51. The fourth-order valence-electron chi connectivity index (χ4n) is 2.74. The first-order chi connectivity index (χ1) is 8.43. The number of esters is 1. The highest BCUT2D eigenvalue weighted by molar-refractivity contribution is 5.68. The molecule has 0 bridgehead atoms. The van der Waals surface area contributed by atoms with Crippen LogP contribution in [0.1, 0.15) is 27.7 Å². The van der Waals surface area contributed by atoms with Crippen molar-refractivity contribution in [3.05, 3.63) is 48.1 Å². The number of hydrogen-bond acceptors (Lipinski definition) is 2. The van der Waals surface area contributed by atoms with E-state index in [0.29, 0.717) is 5.92 Å². The lowest BCUT2D eigenvalue weighted by atomic mass is 9.87. The summed E-state index contributed by atoms with van der Waals surface area (Å²) in [5.41, 5.74) is 3.32. The quantitative estimate of drug-likeness (QED) is 0.705. The Morgan fingerprint density at radius 2 is 2.00 bits per heavy atom. The van der Waals surface area contributed by atoms with Crippen molar-refractivity contribution in [2.75, 3.05) is 0 Å². The van der Waals surface area contributed by atoms with Crippen molar-refractivity contribution in [2.45, 2.75) is 33.8 Å². The van der Waals surface area contributed by atoms with Crippen LogP contribution < -0.4 is 0 Å². The fraction of sp³-hybridized carbons (Fsp3) is 0.438. The van der Waals surface area contributed by atoms with E-state index in [1.54, 1.807) is 6.08 Å². The van der Waals surface area contributed by atoms with Gasteiger partial charge in [-0.15, -0.1) is 0 Å². The predicted molar refractivity (Wildman–Crippen MR) is 75.1 cm³/mol. The third kappa shape index (κ3) is 2.63. The summed E-state index contributed by atoms with van der Waals surface area (Å²) in [5.74, 6) is 0.367. The molecule has 2 atom stereocenters. The minimum atomic E-state index is -0.251. The second-order valence-corrected chi connectivity index (χ2v) is 4.96. The van der Waals surface area contributed by atoms with Crippen molar-refractivity contribution in [1.82, 2.24) is 0 Å². The van der Waals surface area contributed by atoms with Gasteiger partial charge in [0, 0.05) is 18.4 Å². The normalized spacial score (nSPS) is 25.7. The fourth-order valence-corrected chi connectivity index (χ4v) is 2.74. The van der Waals surface area contributed by atoms with Crippen LogP contribution >= 0.6 is 0 Å². The number of carbonyl (C=O) groups is 1. The summed E-state index contributed by atoms with van der Waals surface area (Å²) >= 11 is 0. The maximum Gasteiger partial charge on any atom is 0.303 e. The molecule has 0 N–H and O–H groups in total. The van der Waals surface area contributed by atoms with Gasteiger partial charge < -0.3 is 4.74 Å². The molecule has 0 aromatic rings. The molecule has 2 nitrogen and oxygen atoms in total. The van der Waals surface area contributed by atoms with E-state index in [4.69, 9.17) is 4.74 Å². The van der Waals surface area contributed by atoms with Gasteiger partial charge in [0.05, 0.1) is 0 Å². The van der Waals surface area contributed by atoms with Gasteiger partial charge in [-0.1, -0.05) is 50.8 Å². The molecule has 0 aromatic carbocycles. The van der Waals surface area contributed by atoms with Gasteiger partial charge in [-0.2, -0.15) is 0 Å². The summed E-state index contributed by atoms with van der Waals surface area (Å²) in [5, 5.41) is 0. The van der Waals surface area contributed by atoms with Crippen LogP contribution in [0.3, 0.4) is 0 Å². The van der Waals surface area contributed by atoms with E-state index in [0.717, 1.165) is 11.1 Å². The number of hydrogen-bond donors (Lipinski definition) is 0. The summed E-state index contributed by atoms with van der Waals surface area (Å²) in [4.78, 5) is 11.3. The molecule has 0 aromatic heterocycles. The minimum Gasteiger partial charge on any atom is -0.457 e. The number of ether oxygens (including phenoxy) is 1. The van der Waals surface area contributed by atoms with Crippen LogP contribution in [0.25, 0.3) is 0 Å². The van der Waals surface area contributed by atoms with Crippen LogP contribution in [0, 0.1) is 11.8 Å². The lowest BCUT2D eigenvalue weighted by Crippen LogP contribution is -2.28. The van der Waals surface area contributed by atoms with Gasteiger partial charge in [0.1, 0.15) is 6.10 Å². The first kappa shape index (κ1) is 14.5. The Kier molecular flexibility index (Phi) is 4.71. The molecule has 98 valence electrons. The molecule has 0 saturated carbocycles. The van der Waals surface area contributed by atoms with E-state index in [-0.39, 0.29) is 18.0 Å². The lowest BCUT2D eigenvalue weighted by Gasteiger charge is -2.25. The number of allylic oxidation sites excluding steroid dienone is 3. The predicted octanol–water partition coefficient (Wildman–Crippen LogP) is 3.82. The molecule has 1 aliphatic rings. The van der Waals surface area contributed by atoms with Crippen molar-refractivity contribution >= 4 is 5.97 Å². The first-order valence-corrected chi connectivity index (χ1v) is 6.27. The van der Waals surface area contributed by atoms with E-state index in [1.807, 2.05) is 12.2 Å². The van der Waals surface area contributed by atoms with Crippen LogP contribution in [0.2, 0.25) is 0 Å². The SMILES string of the molecule is C=C/C=C1\C(C=C)=C(C)[C@H](C(C)C)[C@H]1OC(C)=O. The Bertz CT molecular complexity index is 424. The van der Waals surface area contributed by atoms with E-state index in [1.165, 1.54) is 12.5 Å². The zero-order chi connectivity index (χ0) is 13.9. The van der Waals surface area contributed by atoms with Gasteiger partial charge in [0.25, 0.3) is 0 Å². The molecule has 0 aliphatic heterocycles.